The van der Waals surface area contributed by atoms with E-state index in [1.54, 1.807) is 0 Å². The van der Waals surface area contributed by atoms with Gasteiger partial charge in [0.15, 0.2) is 5.58 Å². The molecule has 1 aromatic heterocycles. The molecule has 1 heterocycles. The lowest BCUT2D eigenvalue weighted by Gasteiger charge is -2.14. The molecule has 0 amide bonds. The van der Waals surface area contributed by atoms with Crippen molar-refractivity contribution >= 4 is 33.0 Å². The largest absolute Gasteiger partial charge is 0.423 e. The summed E-state index contributed by atoms with van der Waals surface area (Å²) in [4.78, 5) is 6.54. The van der Waals surface area contributed by atoms with Gasteiger partial charge in [0, 0.05) is 17.6 Å². The van der Waals surface area contributed by atoms with E-state index < -0.39 is 0 Å². The molecule has 2 aromatic rings. The zero-order valence-corrected chi connectivity index (χ0v) is 10.4. The minimum Gasteiger partial charge on any atom is -0.423 e. The number of aromatic nitrogens is 1. The maximum Gasteiger partial charge on any atom is 0.298 e. The Kier molecular flexibility index (Phi) is 2.95. The molecule has 0 saturated heterocycles. The number of fused-ring (bicyclic) bond motifs is 1. The third-order valence-corrected chi connectivity index (χ3v) is 2.87. The van der Waals surface area contributed by atoms with E-state index in [0.29, 0.717) is 6.01 Å². The maximum atomic E-state index is 5.66. The second-order valence-electron chi connectivity index (χ2n) is 3.28. The Hall–Kier alpha value is -1.03. The van der Waals surface area contributed by atoms with Crippen LogP contribution in [0.3, 0.4) is 0 Å². The van der Waals surface area contributed by atoms with E-state index in [1.807, 2.05) is 18.2 Å². The number of nitrogens with zero attached hydrogens (tertiary/aromatic N) is 2. The Morgan fingerprint density at radius 3 is 2.73 bits per heavy atom. The van der Waals surface area contributed by atoms with Crippen molar-refractivity contribution in [3.8, 4) is 0 Å². The van der Waals surface area contributed by atoms with Crippen LogP contribution in [0.4, 0.5) is 6.01 Å². The number of hydrogen-bond acceptors (Lipinski definition) is 3. The standard InChI is InChI=1S/C11H13BrN2O/c1-3-14(4-2)11-13-9-7-8(12)5-6-10(9)15-11/h5-7H,3-4H2,1-2H3. The van der Waals surface area contributed by atoms with E-state index in [0.717, 1.165) is 28.7 Å². The SMILES string of the molecule is CCN(CC)c1nc2cc(Br)ccc2o1. The van der Waals surface area contributed by atoms with Crippen LogP contribution in [0.1, 0.15) is 13.8 Å². The van der Waals surface area contributed by atoms with Crippen molar-refractivity contribution < 1.29 is 4.42 Å². The first-order chi connectivity index (χ1) is 7.24. The lowest BCUT2D eigenvalue weighted by Crippen LogP contribution is -2.21. The van der Waals surface area contributed by atoms with Gasteiger partial charge in [-0.1, -0.05) is 15.9 Å². The minimum absolute atomic E-state index is 0.702. The molecule has 15 heavy (non-hydrogen) atoms. The molecule has 0 spiro atoms. The van der Waals surface area contributed by atoms with Gasteiger partial charge in [-0.3, -0.25) is 0 Å². The van der Waals surface area contributed by atoms with Crippen LogP contribution >= 0.6 is 15.9 Å². The molecule has 0 atom stereocenters. The molecule has 2 rings (SSSR count). The second kappa shape index (κ2) is 4.23. The van der Waals surface area contributed by atoms with E-state index >= 15 is 0 Å². The van der Waals surface area contributed by atoms with Crippen molar-refractivity contribution in [3.05, 3.63) is 22.7 Å². The van der Waals surface area contributed by atoms with Crippen molar-refractivity contribution in [3.63, 3.8) is 0 Å². The Bertz CT molecular complexity index is 463. The normalized spacial score (nSPS) is 10.9. The van der Waals surface area contributed by atoms with Crippen LogP contribution in [0.5, 0.6) is 0 Å². The van der Waals surface area contributed by atoms with Gasteiger partial charge in [-0.15, -0.1) is 0 Å². The number of benzene rings is 1. The number of oxazole rings is 1. The van der Waals surface area contributed by atoms with E-state index in [-0.39, 0.29) is 0 Å². The Labute approximate surface area is 97.2 Å². The summed E-state index contributed by atoms with van der Waals surface area (Å²) in [6, 6.07) is 6.55. The summed E-state index contributed by atoms with van der Waals surface area (Å²) < 4.78 is 6.68. The Balaban J connectivity index is 2.46. The van der Waals surface area contributed by atoms with Crippen LogP contribution in [0, 0.1) is 0 Å². The van der Waals surface area contributed by atoms with E-state index in [4.69, 9.17) is 4.42 Å². The fourth-order valence-electron chi connectivity index (χ4n) is 1.52. The third-order valence-electron chi connectivity index (χ3n) is 2.37. The lowest BCUT2D eigenvalue weighted by molar-refractivity contribution is 0.576. The first-order valence-electron chi connectivity index (χ1n) is 5.05. The molecule has 0 N–H and O–H groups in total. The average molecular weight is 269 g/mol. The maximum absolute atomic E-state index is 5.66. The molecule has 0 aliphatic carbocycles. The number of rotatable bonds is 3. The summed E-state index contributed by atoms with van der Waals surface area (Å²) in [5.41, 5.74) is 1.73. The van der Waals surface area contributed by atoms with Crippen LogP contribution in [0.25, 0.3) is 11.1 Å². The molecule has 1 aromatic carbocycles. The van der Waals surface area contributed by atoms with Gasteiger partial charge in [0.25, 0.3) is 6.01 Å². The molecule has 0 radical (unpaired) electrons. The summed E-state index contributed by atoms with van der Waals surface area (Å²) in [7, 11) is 0. The highest BCUT2D eigenvalue weighted by molar-refractivity contribution is 9.10. The number of halogens is 1. The van der Waals surface area contributed by atoms with E-state index in [2.05, 4.69) is 39.7 Å². The molecule has 80 valence electrons. The van der Waals surface area contributed by atoms with Gasteiger partial charge in [0.2, 0.25) is 0 Å². The zero-order valence-electron chi connectivity index (χ0n) is 8.83. The minimum atomic E-state index is 0.702. The Morgan fingerprint density at radius 2 is 2.07 bits per heavy atom. The molecule has 0 unspecified atom stereocenters. The van der Waals surface area contributed by atoms with Gasteiger partial charge in [-0.2, -0.15) is 4.98 Å². The molecule has 0 fully saturated rings. The van der Waals surface area contributed by atoms with E-state index in [9.17, 15) is 0 Å². The summed E-state index contributed by atoms with van der Waals surface area (Å²) in [5, 5.41) is 0. The molecular formula is C11H13BrN2O. The van der Waals surface area contributed by atoms with Crippen molar-refractivity contribution in [1.82, 2.24) is 4.98 Å². The van der Waals surface area contributed by atoms with Crippen molar-refractivity contribution in [1.29, 1.82) is 0 Å². The molecule has 0 saturated carbocycles. The predicted molar refractivity (Wildman–Crippen MR) is 65.3 cm³/mol. The molecule has 0 aliphatic heterocycles. The molecular weight excluding hydrogens is 256 g/mol. The average Bonchev–Trinajstić information content (AvgIpc) is 2.62. The van der Waals surface area contributed by atoms with Gasteiger partial charge >= 0.3 is 0 Å². The van der Waals surface area contributed by atoms with Crippen molar-refractivity contribution in [2.24, 2.45) is 0 Å². The van der Waals surface area contributed by atoms with Crippen LogP contribution in [-0.4, -0.2) is 18.1 Å². The summed E-state index contributed by atoms with van der Waals surface area (Å²) in [6.07, 6.45) is 0. The highest BCUT2D eigenvalue weighted by Gasteiger charge is 2.10. The van der Waals surface area contributed by atoms with Crippen molar-refractivity contribution in [2.75, 3.05) is 18.0 Å². The predicted octanol–water partition coefficient (Wildman–Crippen LogP) is 3.44. The highest BCUT2D eigenvalue weighted by Crippen LogP contribution is 2.24. The van der Waals surface area contributed by atoms with Crippen LogP contribution in [-0.2, 0) is 0 Å². The second-order valence-corrected chi connectivity index (χ2v) is 4.20. The van der Waals surface area contributed by atoms with Gasteiger partial charge < -0.3 is 9.32 Å². The number of hydrogen-bond donors (Lipinski definition) is 0. The molecule has 0 aliphatic rings. The molecule has 4 heteroatoms. The lowest BCUT2D eigenvalue weighted by atomic mass is 10.3. The van der Waals surface area contributed by atoms with Crippen LogP contribution in [0.2, 0.25) is 0 Å². The van der Waals surface area contributed by atoms with Crippen LogP contribution in [0.15, 0.2) is 27.1 Å². The van der Waals surface area contributed by atoms with Crippen molar-refractivity contribution in [2.45, 2.75) is 13.8 Å². The van der Waals surface area contributed by atoms with Gasteiger partial charge in [-0.05, 0) is 32.0 Å². The third kappa shape index (κ3) is 2.00. The first-order valence-corrected chi connectivity index (χ1v) is 5.85. The molecule has 3 nitrogen and oxygen atoms in total. The van der Waals surface area contributed by atoms with Gasteiger partial charge in [-0.25, -0.2) is 0 Å². The van der Waals surface area contributed by atoms with E-state index in [1.165, 1.54) is 0 Å². The highest BCUT2D eigenvalue weighted by atomic mass is 79.9. The summed E-state index contributed by atoms with van der Waals surface area (Å²) in [5.74, 6) is 0. The Morgan fingerprint density at radius 1 is 1.33 bits per heavy atom. The fourth-order valence-corrected chi connectivity index (χ4v) is 1.87. The summed E-state index contributed by atoms with van der Waals surface area (Å²) in [6.45, 7) is 6.00. The molecule has 0 bridgehead atoms. The fraction of sp³-hybridized carbons (Fsp3) is 0.364. The van der Waals surface area contributed by atoms with Gasteiger partial charge in [0.05, 0.1) is 0 Å². The monoisotopic (exact) mass is 268 g/mol. The number of anilines is 1. The zero-order chi connectivity index (χ0) is 10.8. The smallest absolute Gasteiger partial charge is 0.298 e. The topological polar surface area (TPSA) is 29.3 Å². The summed E-state index contributed by atoms with van der Waals surface area (Å²) >= 11 is 3.42. The van der Waals surface area contributed by atoms with Crippen LogP contribution < -0.4 is 4.90 Å². The van der Waals surface area contributed by atoms with Gasteiger partial charge in [0.1, 0.15) is 5.52 Å². The quantitative estimate of drug-likeness (QED) is 0.854. The first kappa shape index (κ1) is 10.5.